The van der Waals surface area contributed by atoms with E-state index in [1.54, 1.807) is 14.0 Å². The van der Waals surface area contributed by atoms with Crippen LogP contribution in [0.1, 0.15) is 30.1 Å². The van der Waals surface area contributed by atoms with Crippen LogP contribution in [0, 0.1) is 0 Å². The molecule has 0 atom stereocenters. The number of aromatic nitrogens is 1. The molecule has 1 aromatic heterocycles. The fourth-order valence-electron chi connectivity index (χ4n) is 3.20. The third kappa shape index (κ3) is 2.68. The zero-order valence-corrected chi connectivity index (χ0v) is 12.8. The number of carbonyl (C=O) groups excluding carboxylic acids is 1. The second kappa shape index (κ2) is 5.90. The molecule has 3 rings (SSSR count). The Morgan fingerprint density at radius 1 is 1.24 bits per heavy atom. The Labute approximate surface area is 125 Å². The van der Waals surface area contributed by atoms with E-state index in [0.29, 0.717) is 0 Å². The number of nitrogens with zero attached hydrogens (tertiary/aromatic N) is 2. The Hall–Kier alpha value is -1.81. The highest BCUT2D eigenvalue weighted by Gasteiger charge is 2.17. The van der Waals surface area contributed by atoms with Gasteiger partial charge in [0.1, 0.15) is 5.75 Å². The molecular formula is C17H22N2O2. The summed E-state index contributed by atoms with van der Waals surface area (Å²) < 4.78 is 7.66. The van der Waals surface area contributed by atoms with Crippen LogP contribution in [0.2, 0.25) is 0 Å². The topological polar surface area (TPSA) is 34.5 Å². The standard InChI is InChI=1S/C17H22N2O2/c1-13(20)15-12-19(11-10-18-8-3-4-9-18)17-14(15)6-5-7-16(17)21-2/h5-7,12H,3-4,8-11H2,1-2H3. The van der Waals surface area contributed by atoms with Crippen LogP contribution in [-0.4, -0.2) is 42.0 Å². The Morgan fingerprint density at radius 3 is 2.67 bits per heavy atom. The second-order valence-corrected chi connectivity index (χ2v) is 5.70. The lowest BCUT2D eigenvalue weighted by atomic mass is 10.1. The normalized spacial score (nSPS) is 15.7. The predicted molar refractivity (Wildman–Crippen MR) is 84.2 cm³/mol. The van der Waals surface area contributed by atoms with E-state index in [2.05, 4.69) is 9.47 Å². The first-order chi connectivity index (χ1) is 10.2. The highest BCUT2D eigenvalue weighted by Crippen LogP contribution is 2.30. The van der Waals surface area contributed by atoms with Crippen LogP contribution in [0.25, 0.3) is 10.9 Å². The van der Waals surface area contributed by atoms with Gasteiger partial charge < -0.3 is 14.2 Å². The van der Waals surface area contributed by atoms with E-state index < -0.39 is 0 Å². The summed E-state index contributed by atoms with van der Waals surface area (Å²) in [5.74, 6) is 0.939. The number of fused-ring (bicyclic) bond motifs is 1. The molecule has 21 heavy (non-hydrogen) atoms. The predicted octanol–water partition coefficient (Wildman–Crippen LogP) is 2.95. The van der Waals surface area contributed by atoms with Gasteiger partial charge in [-0.1, -0.05) is 12.1 Å². The van der Waals surface area contributed by atoms with E-state index in [-0.39, 0.29) is 5.78 Å². The van der Waals surface area contributed by atoms with Crippen molar-refractivity contribution in [3.05, 3.63) is 30.0 Å². The van der Waals surface area contributed by atoms with E-state index >= 15 is 0 Å². The molecule has 0 radical (unpaired) electrons. The van der Waals surface area contributed by atoms with Gasteiger partial charge in [0.25, 0.3) is 0 Å². The fourth-order valence-corrected chi connectivity index (χ4v) is 3.20. The number of hydrogen-bond donors (Lipinski definition) is 0. The lowest BCUT2D eigenvalue weighted by Gasteiger charge is -2.16. The average molecular weight is 286 g/mol. The molecule has 2 heterocycles. The molecular weight excluding hydrogens is 264 g/mol. The molecule has 4 heteroatoms. The minimum atomic E-state index is 0.105. The third-order valence-corrected chi connectivity index (χ3v) is 4.32. The van der Waals surface area contributed by atoms with Crippen LogP contribution in [0.3, 0.4) is 0 Å². The van der Waals surface area contributed by atoms with Crippen molar-refractivity contribution in [3.63, 3.8) is 0 Å². The molecule has 0 N–H and O–H groups in total. The largest absolute Gasteiger partial charge is 0.495 e. The van der Waals surface area contributed by atoms with Crippen molar-refractivity contribution in [2.45, 2.75) is 26.3 Å². The van der Waals surface area contributed by atoms with Crippen molar-refractivity contribution < 1.29 is 9.53 Å². The van der Waals surface area contributed by atoms with Crippen molar-refractivity contribution in [3.8, 4) is 5.75 Å². The van der Waals surface area contributed by atoms with Gasteiger partial charge in [-0.3, -0.25) is 4.79 Å². The fraction of sp³-hybridized carbons (Fsp3) is 0.471. The number of benzene rings is 1. The van der Waals surface area contributed by atoms with Crippen LogP contribution in [0.4, 0.5) is 0 Å². The van der Waals surface area contributed by atoms with Gasteiger partial charge in [0.2, 0.25) is 0 Å². The van der Waals surface area contributed by atoms with Crippen LogP contribution in [0.15, 0.2) is 24.4 Å². The summed E-state index contributed by atoms with van der Waals surface area (Å²) >= 11 is 0. The molecule has 0 unspecified atom stereocenters. The highest BCUT2D eigenvalue weighted by molar-refractivity contribution is 6.08. The van der Waals surface area contributed by atoms with Gasteiger partial charge in [-0.15, -0.1) is 0 Å². The van der Waals surface area contributed by atoms with Crippen LogP contribution >= 0.6 is 0 Å². The molecule has 2 aromatic rings. The molecule has 1 saturated heterocycles. The first-order valence-electron chi connectivity index (χ1n) is 7.60. The number of para-hydroxylation sites is 1. The molecule has 0 aliphatic carbocycles. The zero-order chi connectivity index (χ0) is 14.8. The van der Waals surface area contributed by atoms with Crippen molar-refractivity contribution in [1.82, 2.24) is 9.47 Å². The second-order valence-electron chi connectivity index (χ2n) is 5.70. The minimum Gasteiger partial charge on any atom is -0.495 e. The molecule has 0 spiro atoms. The SMILES string of the molecule is COc1cccc2c(C(C)=O)cn(CCN3CCCC3)c12. The van der Waals surface area contributed by atoms with Crippen molar-refractivity contribution in [2.24, 2.45) is 0 Å². The van der Waals surface area contributed by atoms with E-state index in [1.165, 1.54) is 25.9 Å². The van der Waals surface area contributed by atoms with Gasteiger partial charge in [-0.05, 0) is 38.9 Å². The van der Waals surface area contributed by atoms with E-state index in [4.69, 9.17) is 4.74 Å². The van der Waals surface area contributed by atoms with Gasteiger partial charge in [-0.25, -0.2) is 0 Å². The Bertz CT molecular complexity index is 654. The van der Waals surface area contributed by atoms with Crippen LogP contribution < -0.4 is 4.74 Å². The molecule has 1 aliphatic rings. The summed E-state index contributed by atoms with van der Waals surface area (Å²) in [5.41, 5.74) is 1.81. The number of rotatable bonds is 5. The first-order valence-corrected chi connectivity index (χ1v) is 7.60. The highest BCUT2D eigenvalue weighted by atomic mass is 16.5. The maximum atomic E-state index is 11.9. The summed E-state index contributed by atoms with van der Waals surface area (Å²) in [6.07, 6.45) is 4.58. The van der Waals surface area contributed by atoms with Gasteiger partial charge in [0.15, 0.2) is 5.78 Å². The van der Waals surface area contributed by atoms with Crippen molar-refractivity contribution in [2.75, 3.05) is 26.7 Å². The molecule has 0 saturated carbocycles. The molecule has 0 amide bonds. The number of ketones is 1. The summed E-state index contributed by atoms with van der Waals surface area (Å²) in [4.78, 5) is 14.3. The minimum absolute atomic E-state index is 0.105. The van der Waals surface area contributed by atoms with Gasteiger partial charge in [0, 0.05) is 30.2 Å². The van der Waals surface area contributed by atoms with E-state index in [0.717, 1.165) is 35.3 Å². The molecule has 1 fully saturated rings. The number of likely N-dealkylation sites (tertiary alicyclic amines) is 1. The number of ether oxygens (including phenoxy) is 1. The van der Waals surface area contributed by atoms with Gasteiger partial charge >= 0.3 is 0 Å². The Balaban J connectivity index is 1.97. The quantitative estimate of drug-likeness (QED) is 0.793. The zero-order valence-electron chi connectivity index (χ0n) is 12.8. The number of carbonyl (C=O) groups is 1. The summed E-state index contributed by atoms with van der Waals surface area (Å²) in [6.45, 7) is 5.92. The molecule has 1 aliphatic heterocycles. The average Bonchev–Trinajstić information content (AvgIpc) is 3.12. The number of methoxy groups -OCH3 is 1. The molecule has 0 bridgehead atoms. The number of Topliss-reactive ketones (excluding diaryl/α,β-unsaturated/α-hetero) is 1. The van der Waals surface area contributed by atoms with Crippen molar-refractivity contribution in [1.29, 1.82) is 0 Å². The van der Waals surface area contributed by atoms with E-state index in [1.807, 2.05) is 24.4 Å². The summed E-state index contributed by atoms with van der Waals surface area (Å²) in [6, 6.07) is 5.90. The molecule has 1 aromatic carbocycles. The van der Waals surface area contributed by atoms with Gasteiger partial charge in [0.05, 0.1) is 12.6 Å². The number of hydrogen-bond acceptors (Lipinski definition) is 3. The van der Waals surface area contributed by atoms with Crippen molar-refractivity contribution >= 4 is 16.7 Å². The van der Waals surface area contributed by atoms with Crippen LogP contribution in [0.5, 0.6) is 5.75 Å². The Kier molecular flexibility index (Phi) is 3.97. The van der Waals surface area contributed by atoms with Gasteiger partial charge in [-0.2, -0.15) is 0 Å². The third-order valence-electron chi connectivity index (χ3n) is 4.32. The lowest BCUT2D eigenvalue weighted by molar-refractivity contribution is 0.101. The Morgan fingerprint density at radius 2 is 2.00 bits per heavy atom. The maximum Gasteiger partial charge on any atom is 0.161 e. The maximum absolute atomic E-state index is 11.9. The molecule has 112 valence electrons. The monoisotopic (exact) mass is 286 g/mol. The smallest absolute Gasteiger partial charge is 0.161 e. The first kappa shape index (κ1) is 14.1. The van der Waals surface area contributed by atoms with Crippen LogP contribution in [-0.2, 0) is 6.54 Å². The van der Waals surface area contributed by atoms with E-state index in [9.17, 15) is 4.79 Å². The lowest BCUT2D eigenvalue weighted by Crippen LogP contribution is -2.23. The molecule has 4 nitrogen and oxygen atoms in total. The summed E-state index contributed by atoms with van der Waals surface area (Å²) in [5, 5.41) is 0.989. The summed E-state index contributed by atoms with van der Waals surface area (Å²) in [7, 11) is 1.68.